The quantitative estimate of drug-likeness (QED) is 0.515. The second kappa shape index (κ2) is 9.97. The normalized spacial score (nSPS) is 15.4. The lowest BCUT2D eigenvalue weighted by molar-refractivity contribution is -0.137. The van der Waals surface area contributed by atoms with E-state index in [1.807, 2.05) is 0 Å². The predicted molar refractivity (Wildman–Crippen MR) is 116 cm³/mol. The Labute approximate surface area is 192 Å². The van der Waals surface area contributed by atoms with Gasteiger partial charge < -0.3 is 15.7 Å². The number of piperidine rings is 1. The third-order valence-corrected chi connectivity index (χ3v) is 5.67. The van der Waals surface area contributed by atoms with Crippen LogP contribution in [0.3, 0.4) is 0 Å². The van der Waals surface area contributed by atoms with Crippen LogP contribution in [0.2, 0.25) is 10.0 Å². The molecule has 0 saturated carbocycles. The summed E-state index contributed by atoms with van der Waals surface area (Å²) in [6.45, 7) is 0.850. The minimum Gasteiger partial charge on any atom is -0.506 e. The summed E-state index contributed by atoms with van der Waals surface area (Å²) in [5, 5.41) is 15.3. The number of amides is 2. The van der Waals surface area contributed by atoms with Gasteiger partial charge in [-0.3, -0.25) is 14.5 Å². The number of benzene rings is 2. The topological polar surface area (TPSA) is 81.7 Å². The fourth-order valence-corrected chi connectivity index (χ4v) is 3.72. The van der Waals surface area contributed by atoms with E-state index in [1.54, 1.807) is 4.90 Å². The first-order valence-corrected chi connectivity index (χ1v) is 10.5. The molecule has 2 amide bonds. The standard InChI is InChI=1S/C21H20Cl2F3N3O3/c22-14-2-4-18(30)17(10-14)28-20(32)12-5-7-29(8-6-12)11-19(31)27-16-9-13(21(24,25)26)1-3-15(16)23/h1-4,9-10,12,30H,5-8,11H2,(H,27,31)(H,28,32). The van der Waals surface area contributed by atoms with Crippen LogP contribution in [-0.2, 0) is 15.8 Å². The second-order valence-corrected chi connectivity index (χ2v) is 8.29. The summed E-state index contributed by atoms with van der Waals surface area (Å²) < 4.78 is 38.6. The first-order valence-electron chi connectivity index (χ1n) is 9.71. The van der Waals surface area contributed by atoms with Crippen LogP contribution in [-0.4, -0.2) is 41.5 Å². The van der Waals surface area contributed by atoms with Crippen molar-refractivity contribution >= 4 is 46.4 Å². The number of carbonyl (C=O) groups is 2. The third kappa shape index (κ3) is 6.27. The maximum Gasteiger partial charge on any atom is 0.416 e. The van der Waals surface area contributed by atoms with Gasteiger partial charge in [0.05, 0.1) is 28.5 Å². The Morgan fingerprint density at radius 2 is 1.72 bits per heavy atom. The zero-order chi connectivity index (χ0) is 23.5. The number of anilines is 2. The number of carbonyl (C=O) groups excluding carboxylic acids is 2. The van der Waals surface area contributed by atoms with Crippen molar-refractivity contribution in [2.24, 2.45) is 5.92 Å². The van der Waals surface area contributed by atoms with E-state index in [2.05, 4.69) is 10.6 Å². The zero-order valence-electron chi connectivity index (χ0n) is 16.7. The van der Waals surface area contributed by atoms with Gasteiger partial charge in [-0.25, -0.2) is 0 Å². The number of phenols is 1. The minimum absolute atomic E-state index is 0.00555. The van der Waals surface area contributed by atoms with Crippen LogP contribution in [0.15, 0.2) is 36.4 Å². The van der Waals surface area contributed by atoms with Crippen LogP contribution in [0, 0.1) is 5.92 Å². The predicted octanol–water partition coefficient (Wildman–Crippen LogP) is 5.01. The Hall–Kier alpha value is -2.49. The largest absolute Gasteiger partial charge is 0.506 e. The number of nitrogens with zero attached hydrogens (tertiary/aromatic N) is 1. The summed E-state index contributed by atoms with van der Waals surface area (Å²) in [5.74, 6) is -1.17. The Kier molecular flexibility index (Phi) is 7.53. The number of alkyl halides is 3. The maximum absolute atomic E-state index is 12.9. The number of rotatable bonds is 5. The molecule has 11 heteroatoms. The number of nitrogens with one attached hydrogen (secondary N) is 2. The molecular formula is C21H20Cl2F3N3O3. The van der Waals surface area contributed by atoms with Gasteiger partial charge in [0.25, 0.3) is 0 Å². The van der Waals surface area contributed by atoms with E-state index in [1.165, 1.54) is 18.2 Å². The van der Waals surface area contributed by atoms with Gasteiger partial charge in [-0.05, 0) is 62.3 Å². The van der Waals surface area contributed by atoms with Crippen molar-refractivity contribution in [3.8, 4) is 5.75 Å². The molecule has 2 aromatic carbocycles. The number of likely N-dealkylation sites (tertiary alicyclic amines) is 1. The van der Waals surface area contributed by atoms with Gasteiger partial charge in [0.2, 0.25) is 11.8 Å². The molecular weight excluding hydrogens is 470 g/mol. The van der Waals surface area contributed by atoms with E-state index >= 15 is 0 Å². The Bertz CT molecular complexity index is 1010. The van der Waals surface area contributed by atoms with Gasteiger partial charge in [-0.15, -0.1) is 0 Å². The van der Waals surface area contributed by atoms with Gasteiger partial charge >= 0.3 is 6.18 Å². The third-order valence-electron chi connectivity index (χ3n) is 5.11. The molecule has 0 atom stereocenters. The van der Waals surface area contributed by atoms with Crippen molar-refractivity contribution in [1.29, 1.82) is 0 Å². The molecule has 1 aliphatic rings. The lowest BCUT2D eigenvalue weighted by Crippen LogP contribution is -2.41. The van der Waals surface area contributed by atoms with E-state index in [9.17, 15) is 27.9 Å². The molecule has 6 nitrogen and oxygen atoms in total. The minimum atomic E-state index is -4.55. The van der Waals surface area contributed by atoms with Gasteiger partial charge in [-0.2, -0.15) is 13.2 Å². The van der Waals surface area contributed by atoms with Crippen LogP contribution in [0.1, 0.15) is 18.4 Å². The van der Waals surface area contributed by atoms with E-state index < -0.39 is 17.6 Å². The van der Waals surface area contributed by atoms with Crippen LogP contribution in [0.5, 0.6) is 5.75 Å². The average Bonchev–Trinajstić information content (AvgIpc) is 2.72. The van der Waals surface area contributed by atoms with E-state index in [4.69, 9.17) is 23.2 Å². The highest BCUT2D eigenvalue weighted by atomic mass is 35.5. The maximum atomic E-state index is 12.9. The monoisotopic (exact) mass is 489 g/mol. The number of hydrogen-bond donors (Lipinski definition) is 3. The molecule has 172 valence electrons. The summed E-state index contributed by atoms with van der Waals surface area (Å²) in [4.78, 5) is 26.6. The summed E-state index contributed by atoms with van der Waals surface area (Å²) in [6.07, 6.45) is -3.59. The van der Waals surface area contributed by atoms with Gasteiger partial charge in [0.1, 0.15) is 5.75 Å². The van der Waals surface area contributed by atoms with Gasteiger partial charge in [-0.1, -0.05) is 23.2 Å². The molecule has 3 rings (SSSR count). The zero-order valence-corrected chi connectivity index (χ0v) is 18.2. The molecule has 0 aromatic heterocycles. The SMILES string of the molecule is O=C(CN1CCC(C(=O)Nc2cc(Cl)ccc2O)CC1)Nc1cc(C(F)(F)F)ccc1Cl. The first kappa shape index (κ1) is 24.2. The lowest BCUT2D eigenvalue weighted by Gasteiger charge is -2.30. The van der Waals surface area contributed by atoms with Crippen molar-refractivity contribution in [2.75, 3.05) is 30.3 Å². The van der Waals surface area contributed by atoms with Crippen molar-refractivity contribution in [3.63, 3.8) is 0 Å². The molecule has 0 aliphatic carbocycles. The molecule has 0 radical (unpaired) electrons. The Balaban J connectivity index is 1.51. The molecule has 0 bridgehead atoms. The highest BCUT2D eigenvalue weighted by molar-refractivity contribution is 6.33. The molecule has 3 N–H and O–H groups in total. The van der Waals surface area contributed by atoms with E-state index in [0.29, 0.717) is 31.0 Å². The number of aromatic hydroxyl groups is 1. The Morgan fingerprint density at radius 3 is 2.38 bits per heavy atom. The highest BCUT2D eigenvalue weighted by Gasteiger charge is 2.31. The molecule has 1 heterocycles. The molecule has 32 heavy (non-hydrogen) atoms. The molecule has 1 fully saturated rings. The number of halogens is 5. The van der Waals surface area contributed by atoms with Crippen LogP contribution in [0.25, 0.3) is 0 Å². The van der Waals surface area contributed by atoms with Crippen molar-refractivity contribution < 1.29 is 27.9 Å². The van der Waals surface area contributed by atoms with E-state index in [0.717, 1.165) is 18.2 Å². The molecule has 1 saturated heterocycles. The van der Waals surface area contributed by atoms with Crippen LogP contribution in [0.4, 0.5) is 24.5 Å². The first-order chi connectivity index (χ1) is 15.0. The van der Waals surface area contributed by atoms with Crippen molar-refractivity contribution in [2.45, 2.75) is 19.0 Å². The van der Waals surface area contributed by atoms with Crippen LogP contribution < -0.4 is 10.6 Å². The fourth-order valence-electron chi connectivity index (χ4n) is 3.39. The number of hydrogen-bond acceptors (Lipinski definition) is 4. The highest BCUT2D eigenvalue weighted by Crippen LogP contribution is 2.34. The summed E-state index contributed by atoms with van der Waals surface area (Å²) >= 11 is 11.8. The van der Waals surface area contributed by atoms with Gasteiger partial charge in [0, 0.05) is 10.9 Å². The van der Waals surface area contributed by atoms with Gasteiger partial charge in [0.15, 0.2) is 0 Å². The smallest absolute Gasteiger partial charge is 0.416 e. The van der Waals surface area contributed by atoms with Crippen molar-refractivity contribution in [1.82, 2.24) is 4.90 Å². The summed E-state index contributed by atoms with van der Waals surface area (Å²) in [6, 6.07) is 7.06. The lowest BCUT2D eigenvalue weighted by atomic mass is 9.95. The molecule has 2 aromatic rings. The van der Waals surface area contributed by atoms with Crippen LogP contribution >= 0.6 is 23.2 Å². The molecule has 0 spiro atoms. The fraction of sp³-hybridized carbons (Fsp3) is 0.333. The second-order valence-electron chi connectivity index (χ2n) is 7.44. The summed E-state index contributed by atoms with van der Waals surface area (Å²) in [5.41, 5.74) is -0.792. The molecule has 0 unspecified atom stereocenters. The summed E-state index contributed by atoms with van der Waals surface area (Å²) in [7, 11) is 0. The molecule has 1 aliphatic heterocycles. The Morgan fingerprint density at radius 1 is 1.03 bits per heavy atom. The number of phenolic OH excluding ortho intramolecular Hbond substituents is 1. The van der Waals surface area contributed by atoms with E-state index in [-0.39, 0.29) is 40.5 Å². The van der Waals surface area contributed by atoms with Crippen molar-refractivity contribution in [3.05, 3.63) is 52.0 Å². The average molecular weight is 490 g/mol.